The molecular weight excluding hydrogens is 252 g/mol. The van der Waals surface area contributed by atoms with Crippen LogP contribution in [0.15, 0.2) is 0 Å². The molecule has 1 amide bonds. The van der Waals surface area contributed by atoms with Gasteiger partial charge in [0.1, 0.15) is 0 Å². The van der Waals surface area contributed by atoms with Crippen molar-refractivity contribution in [3.8, 4) is 0 Å². The fourth-order valence-corrected chi connectivity index (χ4v) is 2.39. The number of rotatable bonds is 5. The number of nitrogens with two attached hydrogens (primary N) is 1. The van der Waals surface area contributed by atoms with Crippen LogP contribution in [0.1, 0.15) is 46.5 Å². The first-order valence-electron chi connectivity index (χ1n) is 6.71. The van der Waals surface area contributed by atoms with Crippen molar-refractivity contribution in [1.29, 1.82) is 0 Å². The Labute approximate surface area is 117 Å². The maximum atomic E-state index is 12.3. The summed E-state index contributed by atoms with van der Waals surface area (Å²) in [7, 11) is 0. The van der Waals surface area contributed by atoms with E-state index in [9.17, 15) is 4.79 Å². The molecule has 18 heavy (non-hydrogen) atoms. The summed E-state index contributed by atoms with van der Waals surface area (Å²) < 4.78 is 5.64. The number of halogens is 1. The average Bonchev–Trinajstić information content (AvgIpc) is 2.29. The normalized spacial score (nSPS) is 23.1. The number of morpholine rings is 1. The lowest BCUT2D eigenvalue weighted by atomic mass is 9.95. The molecule has 1 heterocycles. The molecular formula is C13H27ClN2O2. The van der Waals surface area contributed by atoms with Crippen molar-refractivity contribution in [3.63, 3.8) is 0 Å². The first-order valence-corrected chi connectivity index (χ1v) is 6.71. The van der Waals surface area contributed by atoms with Gasteiger partial charge in [0.25, 0.3) is 0 Å². The quantitative estimate of drug-likeness (QED) is 0.836. The van der Waals surface area contributed by atoms with Crippen LogP contribution in [0.25, 0.3) is 0 Å². The summed E-state index contributed by atoms with van der Waals surface area (Å²) in [5, 5.41) is 0. The van der Waals surface area contributed by atoms with Crippen LogP contribution in [0.5, 0.6) is 0 Å². The Bertz CT molecular complexity index is 257. The number of ether oxygens (including phenoxy) is 1. The molecule has 1 aliphatic heterocycles. The maximum Gasteiger partial charge on any atom is 0.242 e. The highest BCUT2D eigenvalue weighted by Crippen LogP contribution is 2.17. The van der Waals surface area contributed by atoms with Crippen LogP contribution in [0, 0.1) is 0 Å². The second-order valence-electron chi connectivity index (χ2n) is 5.20. The number of amides is 1. The summed E-state index contributed by atoms with van der Waals surface area (Å²) in [4.78, 5) is 14.2. The largest absolute Gasteiger partial charge is 0.375 e. The predicted octanol–water partition coefficient (Wildman–Crippen LogP) is 1.95. The zero-order valence-electron chi connectivity index (χ0n) is 11.8. The van der Waals surface area contributed by atoms with Gasteiger partial charge in [-0.1, -0.05) is 26.7 Å². The van der Waals surface area contributed by atoms with Crippen molar-refractivity contribution in [2.75, 3.05) is 19.7 Å². The van der Waals surface area contributed by atoms with Gasteiger partial charge in [-0.2, -0.15) is 0 Å². The zero-order chi connectivity index (χ0) is 12.9. The molecule has 2 atom stereocenters. The molecule has 1 fully saturated rings. The Morgan fingerprint density at radius 2 is 2.11 bits per heavy atom. The molecule has 0 aromatic heterocycles. The van der Waals surface area contributed by atoms with Crippen molar-refractivity contribution < 1.29 is 9.53 Å². The van der Waals surface area contributed by atoms with Gasteiger partial charge in [0.05, 0.1) is 18.2 Å². The first kappa shape index (κ1) is 17.7. The van der Waals surface area contributed by atoms with Gasteiger partial charge in [-0.15, -0.1) is 12.4 Å². The van der Waals surface area contributed by atoms with E-state index < -0.39 is 5.54 Å². The van der Waals surface area contributed by atoms with E-state index in [1.807, 2.05) is 11.8 Å². The SMILES string of the molecule is CCCC1CN(C(=O)C(C)(N)CCC)CCO1.Cl. The van der Waals surface area contributed by atoms with E-state index in [2.05, 4.69) is 13.8 Å². The molecule has 0 bridgehead atoms. The smallest absolute Gasteiger partial charge is 0.242 e. The highest BCUT2D eigenvalue weighted by atomic mass is 35.5. The lowest BCUT2D eigenvalue weighted by Gasteiger charge is -2.37. The molecule has 108 valence electrons. The minimum Gasteiger partial charge on any atom is -0.375 e. The van der Waals surface area contributed by atoms with E-state index in [1.54, 1.807) is 0 Å². The van der Waals surface area contributed by atoms with Gasteiger partial charge in [0, 0.05) is 13.1 Å². The molecule has 0 spiro atoms. The Kier molecular flexibility index (Phi) is 7.83. The minimum atomic E-state index is -0.719. The molecule has 5 heteroatoms. The van der Waals surface area contributed by atoms with Crippen LogP contribution in [0.3, 0.4) is 0 Å². The number of nitrogens with zero attached hydrogens (tertiary/aromatic N) is 1. The summed E-state index contributed by atoms with van der Waals surface area (Å²) >= 11 is 0. The van der Waals surface area contributed by atoms with Gasteiger partial charge in [-0.3, -0.25) is 4.79 Å². The lowest BCUT2D eigenvalue weighted by molar-refractivity contribution is -0.144. The number of carbonyl (C=O) groups is 1. The third-order valence-electron chi connectivity index (χ3n) is 3.29. The number of hydrogen-bond acceptors (Lipinski definition) is 3. The Morgan fingerprint density at radius 1 is 1.44 bits per heavy atom. The van der Waals surface area contributed by atoms with Crippen LogP contribution >= 0.6 is 12.4 Å². The van der Waals surface area contributed by atoms with Gasteiger partial charge < -0.3 is 15.4 Å². The Balaban J connectivity index is 0.00000289. The summed E-state index contributed by atoms with van der Waals surface area (Å²) in [6, 6.07) is 0. The van der Waals surface area contributed by atoms with E-state index in [4.69, 9.17) is 10.5 Å². The lowest BCUT2D eigenvalue weighted by Crippen LogP contribution is -2.57. The first-order chi connectivity index (χ1) is 8.01. The molecule has 0 radical (unpaired) electrons. The fourth-order valence-electron chi connectivity index (χ4n) is 2.39. The van der Waals surface area contributed by atoms with Crippen molar-refractivity contribution >= 4 is 18.3 Å². The molecule has 1 rings (SSSR count). The minimum absolute atomic E-state index is 0. The van der Waals surface area contributed by atoms with Crippen molar-refractivity contribution in [1.82, 2.24) is 4.90 Å². The van der Waals surface area contributed by atoms with Crippen molar-refractivity contribution in [2.45, 2.75) is 58.1 Å². The monoisotopic (exact) mass is 278 g/mol. The van der Waals surface area contributed by atoms with Crippen LogP contribution < -0.4 is 5.73 Å². The van der Waals surface area contributed by atoms with Crippen molar-refractivity contribution in [2.24, 2.45) is 5.73 Å². The third-order valence-corrected chi connectivity index (χ3v) is 3.29. The predicted molar refractivity (Wildman–Crippen MR) is 76.0 cm³/mol. The number of carbonyl (C=O) groups excluding carboxylic acids is 1. The topological polar surface area (TPSA) is 55.6 Å². The second-order valence-corrected chi connectivity index (χ2v) is 5.20. The summed E-state index contributed by atoms with van der Waals surface area (Å²) in [5.74, 6) is 0.0729. The highest BCUT2D eigenvalue weighted by molar-refractivity contribution is 5.86. The highest BCUT2D eigenvalue weighted by Gasteiger charge is 2.34. The van der Waals surface area contributed by atoms with E-state index in [-0.39, 0.29) is 24.4 Å². The summed E-state index contributed by atoms with van der Waals surface area (Å²) in [6.07, 6.45) is 3.96. The molecule has 1 saturated heterocycles. The van der Waals surface area contributed by atoms with Gasteiger partial charge in [0.15, 0.2) is 0 Å². The summed E-state index contributed by atoms with van der Waals surface area (Å²) in [6.45, 7) is 8.03. The third kappa shape index (κ3) is 4.75. The van der Waals surface area contributed by atoms with E-state index in [1.165, 1.54) is 0 Å². The summed E-state index contributed by atoms with van der Waals surface area (Å²) in [5.41, 5.74) is 5.37. The standard InChI is InChI=1S/C13H26N2O2.ClH/c1-4-6-11-10-15(8-9-17-11)12(16)13(3,14)7-5-2;/h11H,4-10,14H2,1-3H3;1H. The Hall–Kier alpha value is -0.320. The van der Waals surface area contributed by atoms with Gasteiger partial charge in [-0.05, 0) is 19.8 Å². The second kappa shape index (κ2) is 7.97. The van der Waals surface area contributed by atoms with Gasteiger partial charge in [0.2, 0.25) is 5.91 Å². The van der Waals surface area contributed by atoms with Crippen LogP contribution in [-0.4, -0.2) is 42.1 Å². The number of hydrogen-bond donors (Lipinski definition) is 1. The van der Waals surface area contributed by atoms with Crippen LogP contribution in [-0.2, 0) is 9.53 Å². The molecule has 0 aliphatic carbocycles. The molecule has 0 aromatic carbocycles. The van der Waals surface area contributed by atoms with Gasteiger partial charge >= 0.3 is 0 Å². The van der Waals surface area contributed by atoms with E-state index >= 15 is 0 Å². The Morgan fingerprint density at radius 3 is 2.67 bits per heavy atom. The van der Waals surface area contributed by atoms with Crippen molar-refractivity contribution in [3.05, 3.63) is 0 Å². The molecule has 0 saturated carbocycles. The molecule has 2 N–H and O–H groups in total. The van der Waals surface area contributed by atoms with Crippen LogP contribution in [0.4, 0.5) is 0 Å². The van der Waals surface area contributed by atoms with Gasteiger partial charge in [-0.25, -0.2) is 0 Å². The molecule has 2 unspecified atom stereocenters. The fraction of sp³-hybridized carbons (Fsp3) is 0.923. The average molecular weight is 279 g/mol. The van der Waals surface area contributed by atoms with E-state index in [0.717, 1.165) is 25.7 Å². The molecule has 1 aliphatic rings. The maximum absolute atomic E-state index is 12.3. The van der Waals surface area contributed by atoms with Crippen LogP contribution in [0.2, 0.25) is 0 Å². The molecule has 0 aromatic rings. The van der Waals surface area contributed by atoms with E-state index in [0.29, 0.717) is 19.7 Å². The molecule has 4 nitrogen and oxygen atoms in total. The zero-order valence-corrected chi connectivity index (χ0v) is 12.6.